The number of rotatable bonds is 15. The Morgan fingerprint density at radius 2 is 1.80 bits per heavy atom. The van der Waals surface area contributed by atoms with Gasteiger partial charge in [-0.1, -0.05) is 36.8 Å². The van der Waals surface area contributed by atoms with Crippen molar-refractivity contribution in [1.82, 2.24) is 0 Å². The molecule has 0 amide bonds. The van der Waals surface area contributed by atoms with Crippen LogP contribution in [0.1, 0.15) is 71.0 Å². The molecule has 0 aliphatic heterocycles. The number of carbonyl (C=O) groups excluding carboxylic acids is 1. The molecule has 30 heavy (non-hydrogen) atoms. The van der Waals surface area contributed by atoms with Gasteiger partial charge in [0.2, 0.25) is 0 Å². The molecule has 6 nitrogen and oxygen atoms in total. The Kier molecular flexibility index (Phi) is 10.9. The molecular weight excluding hydrogens is 421 g/mol. The molecule has 0 aliphatic carbocycles. The van der Waals surface area contributed by atoms with Crippen molar-refractivity contribution in [3.8, 4) is 0 Å². The van der Waals surface area contributed by atoms with Gasteiger partial charge in [-0.25, -0.2) is 4.57 Å². The zero-order valence-electron chi connectivity index (χ0n) is 17.2. The molecule has 0 spiro atoms. The number of carbonyl (C=O) groups is 1. The van der Waals surface area contributed by atoms with Crippen molar-refractivity contribution in [2.75, 3.05) is 13.2 Å². The fourth-order valence-electron chi connectivity index (χ4n) is 3.42. The standard InChI is InChI=1S/C22H32NO5PS/c23-16-15-19(11-7-17-28-29(25,26)27)21-13-14-22(30-21)20(24)12-6-2-5-10-18-8-3-1-4-9-18/h1,3-4,8-9,13-14,19H,2,5-7,10-12,15-17,23H2,(H2,25,26,27). The molecule has 2 aromatic rings. The van der Waals surface area contributed by atoms with Crippen LogP contribution in [-0.2, 0) is 15.5 Å². The highest BCUT2D eigenvalue weighted by Gasteiger charge is 2.18. The number of hydrogen-bond donors (Lipinski definition) is 3. The van der Waals surface area contributed by atoms with E-state index in [1.807, 2.05) is 18.2 Å². The third kappa shape index (κ3) is 9.65. The van der Waals surface area contributed by atoms with Crippen molar-refractivity contribution < 1.29 is 23.7 Å². The fraction of sp³-hybridized carbons (Fsp3) is 0.500. The first-order chi connectivity index (χ1) is 14.4. The molecule has 0 radical (unpaired) electrons. The second-order valence-corrected chi connectivity index (χ2v) is 9.77. The van der Waals surface area contributed by atoms with Crippen molar-refractivity contribution >= 4 is 24.9 Å². The quantitative estimate of drug-likeness (QED) is 0.198. The fourth-order valence-corrected chi connectivity index (χ4v) is 4.94. The first kappa shape index (κ1) is 24.9. The largest absolute Gasteiger partial charge is 0.469 e. The monoisotopic (exact) mass is 453 g/mol. The number of phosphoric acid groups is 1. The van der Waals surface area contributed by atoms with Crippen LogP contribution in [0, 0.1) is 0 Å². The number of unbranched alkanes of at least 4 members (excludes halogenated alkanes) is 2. The van der Waals surface area contributed by atoms with Crippen LogP contribution in [0.3, 0.4) is 0 Å². The van der Waals surface area contributed by atoms with E-state index >= 15 is 0 Å². The van der Waals surface area contributed by atoms with Crippen LogP contribution in [0.2, 0.25) is 0 Å². The Morgan fingerprint density at radius 3 is 2.50 bits per heavy atom. The molecule has 8 heteroatoms. The van der Waals surface area contributed by atoms with E-state index in [4.69, 9.17) is 15.5 Å². The van der Waals surface area contributed by atoms with Gasteiger partial charge in [0.25, 0.3) is 0 Å². The number of aryl methyl sites for hydroxylation is 1. The molecule has 1 aromatic carbocycles. The molecule has 1 atom stereocenters. The predicted molar refractivity (Wildman–Crippen MR) is 121 cm³/mol. The molecule has 0 aliphatic rings. The summed E-state index contributed by atoms with van der Waals surface area (Å²) in [6.07, 6.45) is 6.63. The molecule has 4 N–H and O–H groups in total. The number of hydrogen-bond acceptors (Lipinski definition) is 5. The maximum Gasteiger partial charge on any atom is 0.469 e. The average Bonchev–Trinajstić information content (AvgIpc) is 3.20. The van der Waals surface area contributed by atoms with Gasteiger partial charge in [0.1, 0.15) is 0 Å². The van der Waals surface area contributed by atoms with Gasteiger partial charge in [0.05, 0.1) is 11.5 Å². The number of benzene rings is 1. The van der Waals surface area contributed by atoms with E-state index in [2.05, 4.69) is 28.8 Å². The Morgan fingerprint density at radius 1 is 1.03 bits per heavy atom. The lowest BCUT2D eigenvalue weighted by Gasteiger charge is -2.14. The lowest BCUT2D eigenvalue weighted by atomic mass is 9.98. The SMILES string of the molecule is NCCC(CCCOP(=O)(O)O)c1ccc(C(=O)CCCCCc2ccccc2)s1. The second kappa shape index (κ2) is 13.2. The summed E-state index contributed by atoms with van der Waals surface area (Å²) in [4.78, 5) is 31.9. The molecule has 166 valence electrons. The van der Waals surface area contributed by atoms with Gasteiger partial charge >= 0.3 is 7.82 Å². The minimum Gasteiger partial charge on any atom is -0.330 e. The molecule has 1 heterocycles. The Balaban J connectivity index is 1.75. The Hall–Kier alpha value is -1.34. The van der Waals surface area contributed by atoms with Crippen molar-refractivity contribution in [2.24, 2.45) is 5.73 Å². The van der Waals surface area contributed by atoms with E-state index in [-0.39, 0.29) is 18.3 Å². The van der Waals surface area contributed by atoms with E-state index in [0.717, 1.165) is 41.9 Å². The van der Waals surface area contributed by atoms with E-state index in [9.17, 15) is 9.36 Å². The number of thiophene rings is 1. The summed E-state index contributed by atoms with van der Waals surface area (Å²) in [6.45, 7) is 0.526. The third-order valence-electron chi connectivity index (χ3n) is 4.99. The summed E-state index contributed by atoms with van der Waals surface area (Å²) in [5.41, 5.74) is 7.06. The van der Waals surface area contributed by atoms with Crippen molar-refractivity contribution in [3.05, 3.63) is 57.8 Å². The van der Waals surface area contributed by atoms with Crippen molar-refractivity contribution in [1.29, 1.82) is 0 Å². The van der Waals surface area contributed by atoms with Crippen LogP contribution in [0.25, 0.3) is 0 Å². The highest BCUT2D eigenvalue weighted by molar-refractivity contribution is 7.46. The minimum absolute atomic E-state index is 0.00545. The number of nitrogens with two attached hydrogens (primary N) is 1. The summed E-state index contributed by atoms with van der Waals surface area (Å²) in [6, 6.07) is 14.3. The first-order valence-corrected chi connectivity index (χ1v) is 12.8. The third-order valence-corrected chi connectivity index (χ3v) is 6.80. The molecule has 1 aromatic heterocycles. The van der Waals surface area contributed by atoms with Gasteiger partial charge in [-0.2, -0.15) is 0 Å². The average molecular weight is 454 g/mol. The Labute approximate surface area is 182 Å². The van der Waals surface area contributed by atoms with Crippen LogP contribution in [0.15, 0.2) is 42.5 Å². The van der Waals surface area contributed by atoms with E-state index in [1.165, 1.54) is 16.9 Å². The lowest BCUT2D eigenvalue weighted by Crippen LogP contribution is -2.07. The maximum atomic E-state index is 12.5. The highest BCUT2D eigenvalue weighted by Crippen LogP contribution is 2.37. The van der Waals surface area contributed by atoms with Crippen LogP contribution in [0.4, 0.5) is 0 Å². The summed E-state index contributed by atoms with van der Waals surface area (Å²) in [5.74, 6) is 0.357. The topological polar surface area (TPSA) is 110 Å². The van der Waals surface area contributed by atoms with Crippen LogP contribution in [-0.4, -0.2) is 28.7 Å². The highest BCUT2D eigenvalue weighted by atomic mass is 32.1. The van der Waals surface area contributed by atoms with E-state index < -0.39 is 7.82 Å². The van der Waals surface area contributed by atoms with Crippen LogP contribution in [0.5, 0.6) is 0 Å². The van der Waals surface area contributed by atoms with Crippen molar-refractivity contribution in [2.45, 2.75) is 57.3 Å². The Bertz CT molecular complexity index is 805. The minimum atomic E-state index is -4.42. The van der Waals surface area contributed by atoms with Gasteiger partial charge in [0, 0.05) is 11.3 Å². The zero-order valence-corrected chi connectivity index (χ0v) is 19.0. The summed E-state index contributed by atoms with van der Waals surface area (Å²) in [7, 11) is -4.42. The maximum absolute atomic E-state index is 12.5. The molecule has 1 unspecified atom stereocenters. The summed E-state index contributed by atoms with van der Waals surface area (Å²) in [5, 5.41) is 0. The lowest BCUT2D eigenvalue weighted by molar-refractivity contribution is 0.0983. The number of Topliss-reactive ketones (excluding diaryl/α,β-unsaturated/α-hetero) is 1. The molecule has 2 rings (SSSR count). The molecule has 0 fully saturated rings. The first-order valence-electron chi connectivity index (χ1n) is 10.5. The van der Waals surface area contributed by atoms with Gasteiger partial charge in [-0.05, 0) is 68.7 Å². The van der Waals surface area contributed by atoms with Gasteiger partial charge in [0.15, 0.2) is 5.78 Å². The normalized spacial score (nSPS) is 12.8. The predicted octanol–water partition coefficient (Wildman–Crippen LogP) is 5.06. The van der Waals surface area contributed by atoms with Gasteiger partial charge in [-0.3, -0.25) is 9.32 Å². The summed E-state index contributed by atoms with van der Waals surface area (Å²) >= 11 is 1.51. The molecule has 0 saturated carbocycles. The van der Waals surface area contributed by atoms with Crippen LogP contribution >= 0.6 is 19.2 Å². The summed E-state index contributed by atoms with van der Waals surface area (Å²) < 4.78 is 15.3. The van der Waals surface area contributed by atoms with Crippen LogP contribution < -0.4 is 5.73 Å². The number of ketones is 1. The van der Waals surface area contributed by atoms with E-state index in [0.29, 0.717) is 25.8 Å². The molecule has 0 saturated heterocycles. The van der Waals surface area contributed by atoms with Gasteiger partial charge < -0.3 is 15.5 Å². The van der Waals surface area contributed by atoms with E-state index in [1.54, 1.807) is 0 Å². The second-order valence-electron chi connectivity index (χ2n) is 7.41. The smallest absolute Gasteiger partial charge is 0.330 e. The number of phosphoric ester groups is 1. The van der Waals surface area contributed by atoms with Gasteiger partial charge in [-0.15, -0.1) is 11.3 Å². The van der Waals surface area contributed by atoms with Crippen molar-refractivity contribution in [3.63, 3.8) is 0 Å². The zero-order chi connectivity index (χ0) is 21.8. The molecule has 0 bridgehead atoms. The molecular formula is C22H32NO5PS.